The quantitative estimate of drug-likeness (QED) is 0.681. The van der Waals surface area contributed by atoms with E-state index in [1.54, 1.807) is 4.52 Å². The Morgan fingerprint density at radius 3 is 2.78 bits per heavy atom. The first-order valence-corrected chi connectivity index (χ1v) is 10.3. The van der Waals surface area contributed by atoms with Gasteiger partial charge in [-0.25, -0.2) is 9.50 Å². The van der Waals surface area contributed by atoms with Crippen molar-refractivity contribution in [3.05, 3.63) is 58.7 Å². The van der Waals surface area contributed by atoms with Crippen LogP contribution in [0.25, 0.3) is 5.78 Å². The molecule has 1 saturated heterocycles. The Morgan fingerprint density at radius 1 is 1.15 bits per heavy atom. The monoisotopic (exact) mass is 381 g/mol. The van der Waals surface area contributed by atoms with Crippen molar-refractivity contribution in [1.82, 2.24) is 24.5 Å². The lowest BCUT2D eigenvalue weighted by molar-refractivity contribution is 0.0754. The molecule has 0 bridgehead atoms. The minimum Gasteiger partial charge on any atom is -0.335 e. The summed E-state index contributed by atoms with van der Waals surface area (Å²) in [5.41, 5.74) is 4.49. The maximum absolute atomic E-state index is 13.0. The fraction of sp³-hybridized carbons (Fsp3) is 0.400. The lowest BCUT2D eigenvalue weighted by atomic mass is 10.0. The van der Waals surface area contributed by atoms with Crippen molar-refractivity contribution < 1.29 is 4.79 Å². The lowest BCUT2D eigenvalue weighted by Crippen LogP contribution is -2.33. The predicted molar refractivity (Wildman–Crippen MR) is 107 cm³/mol. The zero-order valence-corrected chi connectivity index (χ0v) is 16.7. The van der Waals surface area contributed by atoms with Crippen LogP contribution in [0.15, 0.2) is 30.3 Å². The molecule has 27 heavy (non-hydrogen) atoms. The zero-order chi connectivity index (χ0) is 19.0. The molecule has 0 aliphatic carbocycles. The molecule has 3 heterocycles. The molecule has 0 spiro atoms. The highest BCUT2D eigenvalue weighted by molar-refractivity contribution is 7.99. The largest absolute Gasteiger partial charge is 0.335 e. The summed E-state index contributed by atoms with van der Waals surface area (Å²) < 4.78 is 1.64. The summed E-state index contributed by atoms with van der Waals surface area (Å²) >= 11 is 1.92. The van der Waals surface area contributed by atoms with Gasteiger partial charge in [-0.05, 0) is 44.4 Å². The fourth-order valence-electron chi connectivity index (χ4n) is 3.57. The molecule has 1 aliphatic rings. The number of carbonyl (C=O) groups excluding carboxylic acids is 1. The topological polar surface area (TPSA) is 63.4 Å². The van der Waals surface area contributed by atoms with Crippen LogP contribution >= 0.6 is 11.8 Å². The highest BCUT2D eigenvalue weighted by Crippen LogP contribution is 2.36. The van der Waals surface area contributed by atoms with Crippen molar-refractivity contribution in [2.75, 3.05) is 18.8 Å². The van der Waals surface area contributed by atoms with E-state index in [4.69, 9.17) is 0 Å². The second-order valence-corrected chi connectivity index (χ2v) is 8.29. The van der Waals surface area contributed by atoms with Crippen LogP contribution in [-0.4, -0.2) is 49.2 Å². The molecule has 2 aromatic heterocycles. The number of hydrogen-bond acceptors (Lipinski definition) is 5. The molecule has 1 amide bonds. The summed E-state index contributed by atoms with van der Waals surface area (Å²) in [6.45, 7) is 7.45. The molecule has 1 aliphatic heterocycles. The zero-order valence-electron chi connectivity index (χ0n) is 15.8. The molecule has 0 N–H and O–H groups in total. The molecule has 1 aromatic carbocycles. The molecule has 3 aromatic rings. The summed E-state index contributed by atoms with van der Waals surface area (Å²) in [4.78, 5) is 23.6. The predicted octanol–water partition coefficient (Wildman–Crippen LogP) is 3.37. The second kappa shape index (κ2) is 7.31. The van der Waals surface area contributed by atoms with Gasteiger partial charge < -0.3 is 4.90 Å². The molecule has 140 valence electrons. The average Bonchev–Trinajstić information content (AvgIpc) is 2.92. The summed E-state index contributed by atoms with van der Waals surface area (Å²) in [5, 5.41) is 4.82. The number of benzene rings is 1. The van der Waals surface area contributed by atoms with Crippen LogP contribution in [0.1, 0.15) is 44.8 Å². The fourth-order valence-corrected chi connectivity index (χ4v) is 4.89. The van der Waals surface area contributed by atoms with Gasteiger partial charge in [0.05, 0.1) is 0 Å². The molecule has 0 radical (unpaired) electrons. The van der Waals surface area contributed by atoms with Crippen LogP contribution in [0, 0.1) is 20.8 Å². The van der Waals surface area contributed by atoms with Gasteiger partial charge in [0.15, 0.2) is 0 Å². The second-order valence-electron chi connectivity index (χ2n) is 6.98. The number of amides is 1. The van der Waals surface area contributed by atoms with Gasteiger partial charge in [-0.15, -0.1) is 5.10 Å². The highest BCUT2D eigenvalue weighted by atomic mass is 32.2. The Hall–Kier alpha value is -2.41. The Labute approximate surface area is 163 Å². The third kappa shape index (κ3) is 3.56. The number of nitrogens with zero attached hydrogens (tertiary/aromatic N) is 5. The third-order valence-corrected chi connectivity index (χ3v) is 6.28. The normalized spacial score (nSPS) is 17.9. The van der Waals surface area contributed by atoms with Gasteiger partial charge in [-0.2, -0.15) is 16.7 Å². The Bertz CT molecular complexity index is 999. The van der Waals surface area contributed by atoms with Crippen molar-refractivity contribution in [2.24, 2.45) is 0 Å². The van der Waals surface area contributed by atoms with Crippen molar-refractivity contribution in [3.8, 4) is 0 Å². The van der Waals surface area contributed by atoms with Gasteiger partial charge in [0, 0.05) is 35.5 Å². The lowest BCUT2D eigenvalue weighted by Gasteiger charge is -2.19. The van der Waals surface area contributed by atoms with Gasteiger partial charge >= 0.3 is 0 Å². The van der Waals surface area contributed by atoms with Crippen LogP contribution in [-0.2, 0) is 0 Å². The van der Waals surface area contributed by atoms with Gasteiger partial charge in [0.1, 0.15) is 0 Å². The van der Waals surface area contributed by atoms with E-state index < -0.39 is 0 Å². The van der Waals surface area contributed by atoms with E-state index in [1.807, 2.05) is 36.6 Å². The number of thioether (sulfide) groups is 1. The first-order chi connectivity index (χ1) is 13.0. The van der Waals surface area contributed by atoms with Crippen LogP contribution in [0.4, 0.5) is 0 Å². The summed E-state index contributed by atoms with van der Waals surface area (Å²) in [6.07, 6.45) is 0.936. The van der Waals surface area contributed by atoms with Crippen LogP contribution in [0.5, 0.6) is 0 Å². The first kappa shape index (κ1) is 18.0. The maximum atomic E-state index is 13.0. The Balaban J connectivity index is 1.53. The molecule has 6 nitrogen and oxygen atoms in total. The summed E-state index contributed by atoms with van der Waals surface area (Å²) in [7, 11) is 0. The van der Waals surface area contributed by atoms with Gasteiger partial charge in [0.2, 0.25) is 5.82 Å². The van der Waals surface area contributed by atoms with E-state index in [9.17, 15) is 4.79 Å². The average molecular weight is 382 g/mol. The number of aromatic nitrogens is 4. The van der Waals surface area contributed by atoms with Crippen molar-refractivity contribution >= 4 is 23.4 Å². The number of rotatable bonds is 2. The molecular weight excluding hydrogens is 358 g/mol. The van der Waals surface area contributed by atoms with Crippen LogP contribution in [0.2, 0.25) is 0 Å². The van der Waals surface area contributed by atoms with Crippen molar-refractivity contribution in [1.29, 1.82) is 0 Å². The van der Waals surface area contributed by atoms with E-state index in [1.165, 1.54) is 11.1 Å². The number of hydrogen-bond donors (Lipinski definition) is 0. The first-order valence-electron chi connectivity index (χ1n) is 9.20. The van der Waals surface area contributed by atoms with Crippen LogP contribution in [0.3, 0.4) is 0 Å². The van der Waals surface area contributed by atoms with Gasteiger partial charge in [-0.3, -0.25) is 4.79 Å². The van der Waals surface area contributed by atoms with E-state index in [0.29, 0.717) is 24.1 Å². The molecule has 1 fully saturated rings. The molecule has 1 atom stereocenters. The number of carbonyl (C=O) groups is 1. The highest BCUT2D eigenvalue weighted by Gasteiger charge is 2.26. The Morgan fingerprint density at radius 2 is 1.96 bits per heavy atom. The molecule has 4 rings (SSSR count). The molecule has 0 unspecified atom stereocenters. The SMILES string of the molecule is Cc1cc(C)n2nc(C(=O)N3CCS[C@H](c4ccccc4C)CC3)nc2n1. The number of aryl methyl sites for hydroxylation is 3. The van der Waals surface area contributed by atoms with E-state index in [-0.39, 0.29) is 11.7 Å². The standard InChI is InChI=1S/C20H23N5OS/c1-13-6-4-5-7-16(13)17-8-9-24(10-11-27-17)19(26)18-22-20-21-14(2)12-15(3)25(20)23-18/h4-7,12,17H,8-11H2,1-3H3/t17-/m0/s1. The maximum Gasteiger partial charge on any atom is 0.293 e. The molecule has 7 heteroatoms. The van der Waals surface area contributed by atoms with Gasteiger partial charge in [-0.1, -0.05) is 24.3 Å². The molecule has 0 saturated carbocycles. The van der Waals surface area contributed by atoms with E-state index in [0.717, 1.165) is 23.6 Å². The van der Waals surface area contributed by atoms with E-state index >= 15 is 0 Å². The van der Waals surface area contributed by atoms with Crippen molar-refractivity contribution in [2.45, 2.75) is 32.4 Å². The van der Waals surface area contributed by atoms with Crippen LogP contribution < -0.4 is 0 Å². The third-order valence-electron chi connectivity index (χ3n) is 4.97. The summed E-state index contributed by atoms with van der Waals surface area (Å²) in [5.74, 6) is 1.52. The Kier molecular flexibility index (Phi) is 4.86. The summed E-state index contributed by atoms with van der Waals surface area (Å²) in [6, 6.07) is 10.5. The van der Waals surface area contributed by atoms with Crippen molar-refractivity contribution in [3.63, 3.8) is 0 Å². The minimum atomic E-state index is -0.108. The number of fused-ring (bicyclic) bond motifs is 1. The molecular formula is C20H23N5OS. The van der Waals surface area contributed by atoms with Gasteiger partial charge in [0.25, 0.3) is 11.7 Å². The minimum absolute atomic E-state index is 0.108. The van der Waals surface area contributed by atoms with E-state index in [2.05, 4.69) is 46.3 Å². The smallest absolute Gasteiger partial charge is 0.293 e.